The van der Waals surface area contributed by atoms with E-state index in [1.165, 1.54) is 17.2 Å². The van der Waals surface area contributed by atoms with Crippen LogP contribution in [0.5, 0.6) is 0 Å². The monoisotopic (exact) mass is 324 g/mol. The second kappa shape index (κ2) is 6.49. The molecule has 0 fully saturated rings. The van der Waals surface area contributed by atoms with Crippen LogP contribution in [0.2, 0.25) is 0 Å². The number of aromatic amines is 1. The zero-order chi connectivity index (χ0) is 17.1. The molecule has 0 radical (unpaired) electrons. The predicted molar refractivity (Wildman–Crippen MR) is 87.3 cm³/mol. The van der Waals surface area contributed by atoms with Crippen molar-refractivity contribution in [2.75, 3.05) is 7.05 Å². The van der Waals surface area contributed by atoms with Crippen LogP contribution in [0, 0.1) is 0 Å². The third kappa shape index (κ3) is 2.96. The minimum absolute atomic E-state index is 0.0747. The molecule has 3 aromatic rings. The topological polar surface area (TPSA) is 92.1 Å². The van der Waals surface area contributed by atoms with Crippen molar-refractivity contribution in [3.8, 4) is 11.3 Å². The van der Waals surface area contributed by atoms with Crippen LogP contribution < -0.4 is 5.56 Å². The maximum absolute atomic E-state index is 12.6. The van der Waals surface area contributed by atoms with Crippen molar-refractivity contribution in [3.05, 3.63) is 70.6 Å². The van der Waals surface area contributed by atoms with Gasteiger partial charge in [-0.2, -0.15) is 0 Å². The zero-order valence-corrected chi connectivity index (χ0v) is 13.3. The minimum atomic E-state index is -0.437. The number of amides is 1. The van der Waals surface area contributed by atoms with E-state index in [0.29, 0.717) is 11.4 Å². The lowest BCUT2D eigenvalue weighted by atomic mass is 10.1. The van der Waals surface area contributed by atoms with Crippen LogP contribution in [0.1, 0.15) is 29.0 Å². The molecular weight excluding hydrogens is 308 g/mol. The number of rotatable bonds is 4. The molecule has 0 aromatic carbocycles. The van der Waals surface area contributed by atoms with Crippen LogP contribution >= 0.6 is 0 Å². The Morgan fingerprint density at radius 1 is 1.21 bits per heavy atom. The number of hydrogen-bond donors (Lipinski definition) is 1. The lowest BCUT2D eigenvalue weighted by Gasteiger charge is -2.22. The number of H-pyrrole nitrogens is 1. The largest absolute Gasteiger partial charge is 0.364 e. The van der Waals surface area contributed by atoms with Gasteiger partial charge in [0.2, 0.25) is 0 Å². The molecule has 0 aliphatic carbocycles. The summed E-state index contributed by atoms with van der Waals surface area (Å²) in [5.41, 5.74) is 1.71. The third-order valence-electron chi connectivity index (χ3n) is 3.92. The SMILES string of the molecule is C[C@@H](c1ccon1)N(C)C(=O)c1ccc(-c2ccncc2)[nH]c1=O. The highest BCUT2D eigenvalue weighted by Crippen LogP contribution is 2.19. The first-order chi connectivity index (χ1) is 11.6. The molecule has 0 saturated carbocycles. The number of nitrogens with zero attached hydrogens (tertiary/aromatic N) is 3. The number of carbonyl (C=O) groups is 1. The van der Waals surface area contributed by atoms with E-state index in [1.807, 2.05) is 6.92 Å². The van der Waals surface area contributed by atoms with Gasteiger partial charge in [-0.25, -0.2) is 0 Å². The average molecular weight is 324 g/mol. The minimum Gasteiger partial charge on any atom is -0.364 e. The summed E-state index contributed by atoms with van der Waals surface area (Å²) in [4.78, 5) is 33.0. The third-order valence-corrected chi connectivity index (χ3v) is 3.92. The smallest absolute Gasteiger partial charge is 0.261 e. The highest BCUT2D eigenvalue weighted by molar-refractivity contribution is 5.94. The summed E-state index contributed by atoms with van der Waals surface area (Å²) in [6.45, 7) is 1.81. The molecule has 7 heteroatoms. The van der Waals surface area contributed by atoms with Gasteiger partial charge in [0.25, 0.3) is 11.5 Å². The maximum atomic E-state index is 12.6. The quantitative estimate of drug-likeness (QED) is 0.794. The molecule has 3 rings (SSSR count). The normalized spacial score (nSPS) is 11.9. The predicted octanol–water partition coefficient (Wildman–Crippen LogP) is 2.26. The van der Waals surface area contributed by atoms with Gasteiger partial charge in [-0.15, -0.1) is 0 Å². The molecule has 0 aliphatic heterocycles. The Kier molecular flexibility index (Phi) is 4.24. The Labute approximate surface area is 137 Å². The van der Waals surface area contributed by atoms with Crippen LogP contribution in [-0.4, -0.2) is 33.0 Å². The summed E-state index contributed by atoms with van der Waals surface area (Å²) < 4.78 is 4.80. The first kappa shape index (κ1) is 15.7. The first-order valence-corrected chi connectivity index (χ1v) is 7.39. The second-order valence-electron chi connectivity index (χ2n) is 5.37. The van der Waals surface area contributed by atoms with Crippen molar-refractivity contribution in [1.82, 2.24) is 20.0 Å². The maximum Gasteiger partial charge on any atom is 0.261 e. The van der Waals surface area contributed by atoms with Gasteiger partial charge in [-0.05, 0) is 31.2 Å². The number of carbonyl (C=O) groups excluding carboxylic acids is 1. The second-order valence-corrected chi connectivity index (χ2v) is 5.37. The molecule has 122 valence electrons. The van der Waals surface area contributed by atoms with E-state index >= 15 is 0 Å². The van der Waals surface area contributed by atoms with Crippen LogP contribution in [-0.2, 0) is 0 Å². The van der Waals surface area contributed by atoms with Gasteiger partial charge in [-0.1, -0.05) is 5.16 Å². The van der Waals surface area contributed by atoms with Gasteiger partial charge in [0, 0.05) is 36.8 Å². The Morgan fingerprint density at radius 3 is 2.58 bits per heavy atom. The van der Waals surface area contributed by atoms with Crippen molar-refractivity contribution in [3.63, 3.8) is 0 Å². The summed E-state index contributed by atoms with van der Waals surface area (Å²) in [6, 6.07) is 8.18. The Balaban J connectivity index is 1.87. The van der Waals surface area contributed by atoms with Crippen molar-refractivity contribution in [2.24, 2.45) is 0 Å². The molecule has 1 atom stereocenters. The first-order valence-electron chi connectivity index (χ1n) is 7.39. The lowest BCUT2D eigenvalue weighted by molar-refractivity contribution is 0.0736. The van der Waals surface area contributed by atoms with E-state index in [9.17, 15) is 9.59 Å². The highest BCUT2D eigenvalue weighted by Gasteiger charge is 2.23. The molecule has 3 aromatic heterocycles. The van der Waals surface area contributed by atoms with E-state index in [0.717, 1.165) is 5.56 Å². The standard InChI is InChI=1S/C17H16N4O3/c1-11(14-7-10-24-20-14)21(2)17(23)13-3-4-15(19-16(13)22)12-5-8-18-9-6-12/h3-11H,1-2H3,(H,19,22)/t11-/m0/s1. The van der Waals surface area contributed by atoms with E-state index in [2.05, 4.69) is 15.1 Å². The summed E-state index contributed by atoms with van der Waals surface area (Å²) in [6.07, 6.45) is 4.72. The number of aromatic nitrogens is 3. The van der Waals surface area contributed by atoms with Gasteiger partial charge < -0.3 is 14.4 Å². The fourth-order valence-corrected chi connectivity index (χ4v) is 2.34. The zero-order valence-electron chi connectivity index (χ0n) is 13.3. The molecule has 1 N–H and O–H groups in total. The summed E-state index contributed by atoms with van der Waals surface area (Å²) in [5.74, 6) is -0.381. The van der Waals surface area contributed by atoms with Crippen LogP contribution in [0.25, 0.3) is 11.3 Å². The molecule has 3 heterocycles. The number of pyridine rings is 2. The van der Waals surface area contributed by atoms with E-state index in [4.69, 9.17) is 4.52 Å². The summed E-state index contributed by atoms with van der Waals surface area (Å²) in [7, 11) is 1.62. The lowest BCUT2D eigenvalue weighted by Crippen LogP contribution is -2.33. The number of nitrogens with one attached hydrogen (secondary N) is 1. The Hall–Kier alpha value is -3.22. The van der Waals surface area contributed by atoms with Crippen LogP contribution in [0.15, 0.2) is 58.3 Å². The summed E-state index contributed by atoms with van der Waals surface area (Å²) >= 11 is 0. The molecule has 0 aliphatic rings. The van der Waals surface area contributed by atoms with Gasteiger partial charge in [-0.3, -0.25) is 14.6 Å². The molecule has 1 amide bonds. The summed E-state index contributed by atoms with van der Waals surface area (Å²) in [5, 5.41) is 3.83. The van der Waals surface area contributed by atoms with Gasteiger partial charge in [0.15, 0.2) is 0 Å². The van der Waals surface area contributed by atoms with Crippen molar-refractivity contribution in [2.45, 2.75) is 13.0 Å². The molecule has 0 bridgehead atoms. The number of hydrogen-bond acceptors (Lipinski definition) is 5. The molecule has 24 heavy (non-hydrogen) atoms. The highest BCUT2D eigenvalue weighted by atomic mass is 16.5. The van der Waals surface area contributed by atoms with E-state index in [-0.39, 0.29) is 17.5 Å². The molecule has 0 saturated heterocycles. The van der Waals surface area contributed by atoms with Gasteiger partial charge in [0.1, 0.15) is 17.5 Å². The fourth-order valence-electron chi connectivity index (χ4n) is 2.34. The Morgan fingerprint density at radius 2 is 1.96 bits per heavy atom. The Bertz CT molecular complexity index is 888. The molecule has 0 spiro atoms. The van der Waals surface area contributed by atoms with Crippen molar-refractivity contribution in [1.29, 1.82) is 0 Å². The van der Waals surface area contributed by atoms with Crippen LogP contribution in [0.4, 0.5) is 0 Å². The van der Waals surface area contributed by atoms with Gasteiger partial charge >= 0.3 is 0 Å². The van der Waals surface area contributed by atoms with Crippen LogP contribution in [0.3, 0.4) is 0 Å². The van der Waals surface area contributed by atoms with E-state index < -0.39 is 5.56 Å². The molecule has 0 unspecified atom stereocenters. The molecular formula is C17H16N4O3. The average Bonchev–Trinajstić information content (AvgIpc) is 3.15. The molecule has 7 nitrogen and oxygen atoms in total. The fraction of sp³-hybridized carbons (Fsp3) is 0.176. The van der Waals surface area contributed by atoms with Crippen molar-refractivity contribution < 1.29 is 9.32 Å². The van der Waals surface area contributed by atoms with E-state index in [1.54, 1.807) is 43.7 Å². The van der Waals surface area contributed by atoms with Gasteiger partial charge in [0.05, 0.1) is 6.04 Å². The van der Waals surface area contributed by atoms with Crippen molar-refractivity contribution >= 4 is 5.91 Å².